The Morgan fingerprint density at radius 3 is 2.75 bits per heavy atom. The van der Waals surface area contributed by atoms with E-state index in [0.717, 1.165) is 0 Å². The van der Waals surface area contributed by atoms with Crippen LogP contribution in [0.2, 0.25) is 0 Å². The normalized spacial score (nSPS) is 12.8. The summed E-state index contributed by atoms with van der Waals surface area (Å²) in [6.07, 6.45) is 0. The second-order valence-electron chi connectivity index (χ2n) is 1.18. The molecule has 0 aromatic carbocycles. The average molecular weight is 157 g/mol. The number of carbonyl (C=O) groups excluding carboxylic acids is 1. The highest BCUT2D eigenvalue weighted by atomic mass is 35.5. The Bertz CT molecular complexity index is 67.1. The lowest BCUT2D eigenvalue weighted by atomic mass is 10.5. The molecule has 8 heavy (non-hydrogen) atoms. The summed E-state index contributed by atoms with van der Waals surface area (Å²) in [7, 11) is 0. The van der Waals surface area contributed by atoms with E-state index in [1.807, 2.05) is 0 Å². The van der Waals surface area contributed by atoms with E-state index in [4.69, 9.17) is 23.2 Å². The third-order valence-corrected chi connectivity index (χ3v) is 1.32. The number of hydrogen-bond donors (Lipinski definition) is 0. The maximum atomic E-state index is 9.50. The van der Waals surface area contributed by atoms with Gasteiger partial charge in [-0.1, -0.05) is 0 Å². The molecule has 0 spiro atoms. The van der Waals surface area contributed by atoms with Crippen LogP contribution in [-0.4, -0.2) is 24.3 Å². The molecule has 0 saturated carbocycles. The monoisotopic (exact) mass is 156 g/mol. The van der Waals surface area contributed by atoms with Crippen molar-refractivity contribution in [2.75, 3.05) is 12.5 Å². The number of halogens is 2. The number of ether oxygens (including phenoxy) is 1. The van der Waals surface area contributed by atoms with Crippen molar-refractivity contribution in [1.29, 1.82) is 0 Å². The summed E-state index contributed by atoms with van der Waals surface area (Å²) < 4.78 is 4.29. The molecular weight excluding hydrogens is 151 g/mol. The Morgan fingerprint density at radius 1 is 1.75 bits per heavy atom. The summed E-state index contributed by atoms with van der Waals surface area (Å²) in [5.74, 6) is 0.301. The van der Waals surface area contributed by atoms with Crippen molar-refractivity contribution in [3.63, 3.8) is 0 Å². The van der Waals surface area contributed by atoms with Crippen LogP contribution in [0.5, 0.6) is 0 Å². The zero-order valence-electron chi connectivity index (χ0n) is 4.14. The highest BCUT2D eigenvalue weighted by Gasteiger charge is 1.99. The molecule has 0 fully saturated rings. The van der Waals surface area contributed by atoms with Crippen molar-refractivity contribution < 1.29 is 9.53 Å². The first kappa shape index (κ1) is 8.05. The van der Waals surface area contributed by atoms with Crippen LogP contribution >= 0.6 is 23.2 Å². The average Bonchev–Trinajstić information content (AvgIpc) is 1.83. The molecule has 0 rings (SSSR count). The maximum absolute atomic E-state index is 9.50. The number of rotatable bonds is 4. The van der Waals surface area contributed by atoms with Gasteiger partial charge in [-0.2, -0.15) is 0 Å². The number of alkyl halides is 2. The van der Waals surface area contributed by atoms with Gasteiger partial charge in [0.2, 0.25) is 0 Å². The van der Waals surface area contributed by atoms with Gasteiger partial charge in [0.15, 0.2) is 0 Å². The first-order chi connectivity index (χ1) is 3.81. The van der Waals surface area contributed by atoms with Gasteiger partial charge < -0.3 is 4.74 Å². The zero-order valence-corrected chi connectivity index (χ0v) is 5.65. The van der Waals surface area contributed by atoms with Crippen LogP contribution in [0.1, 0.15) is 0 Å². The van der Waals surface area contributed by atoms with E-state index in [9.17, 15) is 4.79 Å². The molecule has 0 aliphatic rings. The van der Waals surface area contributed by atoms with E-state index in [1.165, 1.54) is 0 Å². The Kier molecular flexibility index (Phi) is 5.22. The standard InChI is InChI=1S/C4H6Cl2O2/c5-1-4(6)2-8-3-7/h3-4H,1-2H2. The summed E-state index contributed by atoms with van der Waals surface area (Å²) in [5.41, 5.74) is 0. The minimum atomic E-state index is -0.262. The van der Waals surface area contributed by atoms with Crippen molar-refractivity contribution in [2.24, 2.45) is 0 Å². The summed E-state index contributed by atoms with van der Waals surface area (Å²) >= 11 is 10.7. The molecule has 0 amide bonds. The van der Waals surface area contributed by atoms with Crippen LogP contribution in [0.25, 0.3) is 0 Å². The first-order valence-electron chi connectivity index (χ1n) is 2.06. The number of hydrogen-bond acceptors (Lipinski definition) is 2. The fourth-order valence-corrected chi connectivity index (χ4v) is 0.350. The van der Waals surface area contributed by atoms with Crippen LogP contribution in [0.15, 0.2) is 0 Å². The molecule has 1 atom stereocenters. The lowest BCUT2D eigenvalue weighted by Gasteiger charge is -2.00. The van der Waals surface area contributed by atoms with E-state index >= 15 is 0 Å². The van der Waals surface area contributed by atoms with Gasteiger partial charge in [-0.3, -0.25) is 4.79 Å². The Balaban J connectivity index is 2.97. The van der Waals surface area contributed by atoms with Crippen molar-refractivity contribution in [3.8, 4) is 0 Å². The van der Waals surface area contributed by atoms with Gasteiger partial charge >= 0.3 is 0 Å². The highest BCUT2D eigenvalue weighted by Crippen LogP contribution is 1.97. The van der Waals surface area contributed by atoms with Gasteiger partial charge in [0.25, 0.3) is 6.47 Å². The molecule has 2 nitrogen and oxygen atoms in total. The third kappa shape index (κ3) is 4.22. The molecule has 0 aliphatic carbocycles. The van der Waals surface area contributed by atoms with Gasteiger partial charge in [0, 0.05) is 5.88 Å². The molecule has 0 bridgehead atoms. The van der Waals surface area contributed by atoms with E-state index in [2.05, 4.69) is 4.74 Å². The van der Waals surface area contributed by atoms with Gasteiger partial charge in [-0.15, -0.1) is 23.2 Å². The minimum Gasteiger partial charge on any atom is -0.466 e. The minimum absolute atomic E-state index is 0.189. The molecule has 48 valence electrons. The first-order valence-corrected chi connectivity index (χ1v) is 3.03. The highest BCUT2D eigenvalue weighted by molar-refractivity contribution is 6.28. The Labute approximate surface area is 57.7 Å². The molecule has 0 radical (unpaired) electrons. The van der Waals surface area contributed by atoms with Crippen molar-refractivity contribution in [3.05, 3.63) is 0 Å². The number of carbonyl (C=O) groups is 1. The second-order valence-corrected chi connectivity index (χ2v) is 2.11. The molecule has 1 unspecified atom stereocenters. The van der Waals surface area contributed by atoms with Crippen LogP contribution in [0.3, 0.4) is 0 Å². The topological polar surface area (TPSA) is 26.3 Å². The molecule has 0 aromatic heterocycles. The van der Waals surface area contributed by atoms with Crippen LogP contribution < -0.4 is 0 Å². The predicted molar refractivity (Wildman–Crippen MR) is 32.4 cm³/mol. The van der Waals surface area contributed by atoms with Gasteiger partial charge in [-0.05, 0) is 0 Å². The van der Waals surface area contributed by atoms with E-state index in [-0.39, 0.29) is 12.0 Å². The fraction of sp³-hybridized carbons (Fsp3) is 0.750. The maximum Gasteiger partial charge on any atom is 0.293 e. The fourth-order valence-electron chi connectivity index (χ4n) is 0.188. The summed E-state index contributed by atoms with van der Waals surface area (Å²) in [4.78, 5) is 9.50. The summed E-state index contributed by atoms with van der Waals surface area (Å²) in [5, 5.41) is -0.262. The van der Waals surface area contributed by atoms with Gasteiger partial charge in [0.1, 0.15) is 6.61 Å². The molecule has 0 N–H and O–H groups in total. The molecule has 0 heterocycles. The van der Waals surface area contributed by atoms with E-state index in [0.29, 0.717) is 12.4 Å². The summed E-state index contributed by atoms with van der Waals surface area (Å²) in [6, 6.07) is 0. The van der Waals surface area contributed by atoms with Gasteiger partial charge in [0.05, 0.1) is 5.38 Å². The Hall–Kier alpha value is 0.0500. The quantitative estimate of drug-likeness (QED) is 0.449. The molecule has 0 aromatic rings. The predicted octanol–water partition coefficient (Wildman–Crippen LogP) is 1.01. The van der Waals surface area contributed by atoms with Crippen LogP contribution in [-0.2, 0) is 9.53 Å². The van der Waals surface area contributed by atoms with Gasteiger partial charge in [-0.25, -0.2) is 0 Å². The van der Waals surface area contributed by atoms with E-state index in [1.54, 1.807) is 0 Å². The molecule has 4 heteroatoms. The Morgan fingerprint density at radius 2 is 2.38 bits per heavy atom. The lowest BCUT2D eigenvalue weighted by molar-refractivity contribution is -0.128. The zero-order chi connectivity index (χ0) is 6.41. The summed E-state index contributed by atoms with van der Waals surface area (Å²) in [6.45, 7) is 0.538. The van der Waals surface area contributed by atoms with Crippen molar-refractivity contribution >= 4 is 29.7 Å². The largest absolute Gasteiger partial charge is 0.466 e. The van der Waals surface area contributed by atoms with Crippen molar-refractivity contribution in [2.45, 2.75) is 5.38 Å². The SMILES string of the molecule is O=COCC(Cl)CCl. The molecular formula is C4H6Cl2O2. The van der Waals surface area contributed by atoms with Crippen LogP contribution in [0, 0.1) is 0 Å². The van der Waals surface area contributed by atoms with Crippen LogP contribution in [0.4, 0.5) is 0 Å². The van der Waals surface area contributed by atoms with Crippen molar-refractivity contribution in [1.82, 2.24) is 0 Å². The second kappa shape index (κ2) is 5.19. The van der Waals surface area contributed by atoms with E-state index < -0.39 is 0 Å². The molecule has 0 aliphatic heterocycles. The third-order valence-electron chi connectivity index (χ3n) is 0.513. The smallest absolute Gasteiger partial charge is 0.293 e. The lowest BCUT2D eigenvalue weighted by Crippen LogP contribution is -2.09. The molecule has 0 saturated heterocycles.